The first-order chi connectivity index (χ1) is 14.1. The van der Waals surface area contributed by atoms with E-state index in [9.17, 15) is 32.3 Å². The van der Waals surface area contributed by atoms with Crippen molar-refractivity contribution in [1.82, 2.24) is 10.6 Å². The maximum Gasteiger partial charge on any atom is 0.437 e. The number of Topliss-reactive ketones (excluding diaryl/α,β-unsaturated/α-hetero) is 1. The van der Waals surface area contributed by atoms with Gasteiger partial charge in [0.25, 0.3) is 0 Å². The lowest BCUT2D eigenvalue weighted by Gasteiger charge is -2.45. The Labute approximate surface area is 166 Å². The molecule has 1 fully saturated rings. The minimum absolute atomic E-state index is 0.0808. The molecule has 7 nitrogen and oxygen atoms in total. The number of carbonyl (C=O) groups is 2. The van der Waals surface area contributed by atoms with Crippen LogP contribution in [0, 0.1) is 11.7 Å². The fourth-order valence-electron chi connectivity index (χ4n) is 3.52. The van der Waals surface area contributed by atoms with E-state index in [1.165, 1.54) is 23.5 Å². The third kappa shape index (κ3) is 3.20. The second-order valence-electron chi connectivity index (χ2n) is 6.80. The Morgan fingerprint density at radius 3 is 2.43 bits per heavy atom. The lowest BCUT2D eigenvalue weighted by atomic mass is 9.77. The van der Waals surface area contributed by atoms with Crippen molar-refractivity contribution in [3.63, 3.8) is 0 Å². The zero-order valence-corrected chi connectivity index (χ0v) is 15.0. The van der Waals surface area contributed by atoms with E-state index >= 15 is 0 Å². The van der Waals surface area contributed by atoms with Gasteiger partial charge in [0.15, 0.2) is 17.3 Å². The molecular weight excluding hydrogens is 412 g/mol. The number of ether oxygens (including phenoxy) is 2. The predicted molar refractivity (Wildman–Crippen MR) is 92.2 cm³/mol. The van der Waals surface area contributed by atoms with E-state index in [2.05, 4.69) is 5.32 Å². The number of hydrogen-bond donors (Lipinski definition) is 3. The molecule has 11 heteroatoms. The number of ketones is 1. The third-order valence-electron chi connectivity index (χ3n) is 4.97. The van der Waals surface area contributed by atoms with E-state index in [1.54, 1.807) is 0 Å². The Hall–Kier alpha value is -3.34. The van der Waals surface area contributed by atoms with Crippen molar-refractivity contribution >= 4 is 11.8 Å². The molecule has 0 unspecified atom stereocenters. The molecule has 0 saturated carbocycles. The summed E-state index contributed by atoms with van der Waals surface area (Å²) in [5, 5.41) is 14.2. The van der Waals surface area contributed by atoms with Gasteiger partial charge in [0.1, 0.15) is 11.7 Å². The third-order valence-corrected chi connectivity index (χ3v) is 4.97. The van der Waals surface area contributed by atoms with Crippen LogP contribution in [0.2, 0.25) is 0 Å². The molecule has 30 heavy (non-hydrogen) atoms. The number of hydrogen-bond acceptors (Lipinski definition) is 5. The van der Waals surface area contributed by atoms with E-state index in [1.807, 2.05) is 0 Å². The van der Waals surface area contributed by atoms with E-state index < -0.39 is 41.5 Å². The van der Waals surface area contributed by atoms with Crippen LogP contribution in [0.4, 0.5) is 22.4 Å². The van der Waals surface area contributed by atoms with Crippen molar-refractivity contribution in [3.05, 3.63) is 59.4 Å². The summed E-state index contributed by atoms with van der Waals surface area (Å²) in [6, 6.07) is 5.01. The highest BCUT2D eigenvalue weighted by Crippen LogP contribution is 2.45. The molecule has 2 aliphatic heterocycles. The van der Waals surface area contributed by atoms with E-state index in [4.69, 9.17) is 9.47 Å². The smallest absolute Gasteiger partial charge is 0.437 e. The minimum Gasteiger partial charge on any atom is -0.454 e. The second kappa shape index (κ2) is 6.87. The molecule has 0 spiro atoms. The molecule has 2 heterocycles. The number of urea groups is 1. The first-order valence-corrected chi connectivity index (χ1v) is 8.67. The van der Waals surface area contributed by atoms with Crippen molar-refractivity contribution in [2.75, 3.05) is 6.79 Å². The lowest BCUT2D eigenvalue weighted by Crippen LogP contribution is -2.72. The average Bonchev–Trinajstić information content (AvgIpc) is 3.14. The first-order valence-electron chi connectivity index (χ1n) is 8.67. The van der Waals surface area contributed by atoms with Crippen LogP contribution in [0.1, 0.15) is 22.0 Å². The van der Waals surface area contributed by atoms with Gasteiger partial charge in [0.2, 0.25) is 12.5 Å². The van der Waals surface area contributed by atoms with Crippen LogP contribution >= 0.6 is 0 Å². The van der Waals surface area contributed by atoms with Crippen LogP contribution in [0.3, 0.4) is 0 Å². The summed E-state index contributed by atoms with van der Waals surface area (Å²) in [6.45, 7) is -0.0954. The molecule has 0 radical (unpaired) electrons. The van der Waals surface area contributed by atoms with Crippen molar-refractivity contribution < 1.29 is 41.7 Å². The number of rotatable bonds is 3. The number of aliphatic hydroxyl groups is 1. The van der Waals surface area contributed by atoms with Crippen LogP contribution in [0.25, 0.3) is 0 Å². The Morgan fingerprint density at radius 1 is 1.10 bits per heavy atom. The second-order valence-corrected chi connectivity index (χ2v) is 6.80. The Bertz CT molecular complexity index is 1010. The maximum absolute atomic E-state index is 13.8. The minimum atomic E-state index is -5.39. The molecule has 2 aromatic carbocycles. The summed E-state index contributed by atoms with van der Waals surface area (Å²) in [6.07, 6.45) is -5.39. The predicted octanol–water partition coefficient (Wildman–Crippen LogP) is 2.66. The highest BCUT2D eigenvalue weighted by atomic mass is 19.4. The van der Waals surface area contributed by atoms with Gasteiger partial charge < -0.3 is 25.2 Å². The van der Waals surface area contributed by atoms with Crippen molar-refractivity contribution in [1.29, 1.82) is 0 Å². The molecule has 0 aliphatic carbocycles. The van der Waals surface area contributed by atoms with Gasteiger partial charge in [-0.3, -0.25) is 4.79 Å². The zero-order chi connectivity index (χ0) is 21.7. The van der Waals surface area contributed by atoms with Gasteiger partial charge in [0.05, 0.1) is 6.04 Å². The van der Waals surface area contributed by atoms with Crippen LogP contribution in [-0.4, -0.2) is 35.6 Å². The topological polar surface area (TPSA) is 96.9 Å². The molecule has 0 aromatic heterocycles. The van der Waals surface area contributed by atoms with E-state index in [-0.39, 0.29) is 23.7 Å². The molecule has 2 amide bonds. The lowest BCUT2D eigenvalue weighted by molar-refractivity contribution is -0.287. The number of benzene rings is 2. The summed E-state index contributed by atoms with van der Waals surface area (Å²) in [7, 11) is 0. The first kappa shape index (κ1) is 20.0. The van der Waals surface area contributed by atoms with Crippen molar-refractivity contribution in [2.45, 2.75) is 17.9 Å². The molecule has 3 N–H and O–H groups in total. The number of alkyl halides is 3. The van der Waals surface area contributed by atoms with Gasteiger partial charge in [-0.05, 0) is 42.0 Å². The van der Waals surface area contributed by atoms with Crippen LogP contribution in [0.15, 0.2) is 42.5 Å². The van der Waals surface area contributed by atoms with Gasteiger partial charge in [-0.1, -0.05) is 6.07 Å². The summed E-state index contributed by atoms with van der Waals surface area (Å²) >= 11 is 0. The monoisotopic (exact) mass is 426 g/mol. The highest BCUT2D eigenvalue weighted by molar-refractivity contribution is 6.00. The SMILES string of the molecule is O=C1N[C@H](c2ccc3c(c2)OCO3)[C@@H](C(=O)c2ccc(F)cc2)[C@@](O)(C(F)(F)F)N1. The molecule has 2 aromatic rings. The van der Waals surface area contributed by atoms with Gasteiger partial charge in [-0.25, -0.2) is 9.18 Å². The van der Waals surface area contributed by atoms with E-state index in [0.717, 1.165) is 24.3 Å². The highest BCUT2D eigenvalue weighted by Gasteiger charge is 2.66. The molecule has 158 valence electrons. The Kier molecular flexibility index (Phi) is 4.57. The average molecular weight is 426 g/mol. The van der Waals surface area contributed by atoms with E-state index in [0.29, 0.717) is 5.75 Å². The number of carbonyl (C=O) groups excluding carboxylic acids is 2. The fourth-order valence-corrected chi connectivity index (χ4v) is 3.52. The number of fused-ring (bicyclic) bond motifs is 1. The summed E-state index contributed by atoms with van der Waals surface area (Å²) in [5.74, 6) is -3.51. The van der Waals surface area contributed by atoms with Crippen LogP contribution in [0.5, 0.6) is 11.5 Å². The standard InChI is InChI=1S/C19H14F4N2O5/c20-11-4-1-9(2-5-11)16(26)14-15(10-3-6-12-13(7-10)30-8-29-12)24-17(27)25-18(14,28)19(21,22)23/h1-7,14-15,28H,8H2,(H2,24,25,27)/t14-,15+,18+/m0/s1. The van der Waals surface area contributed by atoms with Crippen LogP contribution in [-0.2, 0) is 0 Å². The number of nitrogens with one attached hydrogen (secondary N) is 2. The normalized spacial score (nSPS) is 25.4. The molecule has 0 bridgehead atoms. The Balaban J connectivity index is 1.84. The Morgan fingerprint density at radius 2 is 1.77 bits per heavy atom. The fraction of sp³-hybridized carbons (Fsp3) is 0.263. The molecule has 4 rings (SSSR count). The number of halogens is 4. The quantitative estimate of drug-likeness (QED) is 0.518. The summed E-state index contributed by atoms with van der Waals surface area (Å²) in [5.41, 5.74) is -4.06. The summed E-state index contributed by atoms with van der Waals surface area (Å²) < 4.78 is 65.1. The molecule has 2 aliphatic rings. The zero-order valence-electron chi connectivity index (χ0n) is 15.0. The molecule has 1 saturated heterocycles. The van der Waals surface area contributed by atoms with Gasteiger partial charge in [-0.15, -0.1) is 0 Å². The van der Waals surface area contributed by atoms with Gasteiger partial charge in [-0.2, -0.15) is 13.2 Å². The van der Waals surface area contributed by atoms with Gasteiger partial charge >= 0.3 is 12.2 Å². The summed E-state index contributed by atoms with van der Waals surface area (Å²) in [4.78, 5) is 25.1. The maximum atomic E-state index is 13.8. The van der Waals surface area contributed by atoms with Crippen molar-refractivity contribution in [3.8, 4) is 11.5 Å². The molecular formula is C19H14F4N2O5. The van der Waals surface area contributed by atoms with Gasteiger partial charge in [0, 0.05) is 5.56 Å². The van der Waals surface area contributed by atoms with Crippen molar-refractivity contribution in [2.24, 2.45) is 5.92 Å². The largest absolute Gasteiger partial charge is 0.454 e. The molecule has 3 atom stereocenters. The number of amides is 2. The van der Waals surface area contributed by atoms with Crippen LogP contribution < -0.4 is 20.1 Å².